The van der Waals surface area contributed by atoms with Gasteiger partial charge in [-0.25, -0.2) is 8.42 Å². The van der Waals surface area contributed by atoms with Crippen LogP contribution in [0.1, 0.15) is 18.4 Å². The first-order valence-corrected chi connectivity index (χ1v) is 7.13. The highest BCUT2D eigenvalue weighted by Gasteiger charge is 2.43. The second-order valence-corrected chi connectivity index (χ2v) is 6.93. The fourth-order valence-electron chi connectivity index (χ4n) is 1.67. The molecule has 0 radical (unpaired) electrons. The van der Waals surface area contributed by atoms with Gasteiger partial charge in [0.05, 0.1) is 10.6 Å². The van der Waals surface area contributed by atoms with Crippen molar-refractivity contribution in [3.05, 3.63) is 28.8 Å². The molecule has 0 aliphatic heterocycles. The molecule has 0 unspecified atom stereocenters. The van der Waals surface area contributed by atoms with Crippen LogP contribution in [0.15, 0.2) is 23.1 Å². The topological polar surface area (TPSA) is 60.2 Å². The molecule has 1 aromatic rings. The van der Waals surface area contributed by atoms with Gasteiger partial charge in [-0.15, -0.1) is 12.4 Å². The predicted octanol–water partition coefficient (Wildman–Crippen LogP) is 2.34. The molecule has 0 atom stereocenters. The monoisotopic (exact) mass is 295 g/mol. The van der Waals surface area contributed by atoms with Crippen LogP contribution < -0.4 is 5.73 Å². The second kappa shape index (κ2) is 4.76. The molecular formula is C11H15Cl2NO2S. The maximum atomic E-state index is 12.1. The first-order chi connectivity index (χ1) is 7.32. The Balaban J connectivity index is 0.00000144. The molecule has 1 saturated carbocycles. The van der Waals surface area contributed by atoms with Crippen LogP contribution in [0.4, 0.5) is 0 Å². The Morgan fingerprint density at radius 3 is 2.53 bits per heavy atom. The van der Waals surface area contributed by atoms with E-state index in [0.29, 0.717) is 15.5 Å². The minimum absolute atomic E-state index is 0. The maximum Gasteiger partial charge on any atom is 0.180 e. The van der Waals surface area contributed by atoms with E-state index < -0.39 is 15.4 Å². The molecule has 0 aromatic heterocycles. The van der Waals surface area contributed by atoms with Gasteiger partial charge < -0.3 is 5.73 Å². The third kappa shape index (κ3) is 3.35. The smallest absolute Gasteiger partial charge is 0.180 e. The lowest BCUT2D eigenvalue weighted by Crippen LogP contribution is -2.31. The van der Waals surface area contributed by atoms with Gasteiger partial charge in [0.15, 0.2) is 9.84 Å². The van der Waals surface area contributed by atoms with Gasteiger partial charge in [-0.2, -0.15) is 0 Å². The summed E-state index contributed by atoms with van der Waals surface area (Å²) in [5, 5.41) is 0.436. The van der Waals surface area contributed by atoms with Crippen LogP contribution in [0.3, 0.4) is 0 Å². The molecule has 17 heavy (non-hydrogen) atoms. The lowest BCUT2D eigenvalue weighted by Gasteiger charge is -2.11. The maximum absolute atomic E-state index is 12.1. The van der Waals surface area contributed by atoms with Crippen molar-refractivity contribution in [1.29, 1.82) is 0 Å². The van der Waals surface area contributed by atoms with E-state index >= 15 is 0 Å². The summed E-state index contributed by atoms with van der Waals surface area (Å²) in [4.78, 5) is 0.303. The summed E-state index contributed by atoms with van der Waals surface area (Å²) in [6.07, 6.45) is 1.57. The van der Waals surface area contributed by atoms with E-state index in [1.807, 2.05) is 0 Å². The average Bonchev–Trinajstić information content (AvgIpc) is 2.86. The van der Waals surface area contributed by atoms with Crippen molar-refractivity contribution >= 4 is 33.8 Å². The van der Waals surface area contributed by atoms with Gasteiger partial charge in [0.2, 0.25) is 0 Å². The van der Waals surface area contributed by atoms with E-state index in [4.69, 9.17) is 17.3 Å². The minimum Gasteiger partial charge on any atom is -0.324 e. The Morgan fingerprint density at radius 1 is 1.41 bits per heavy atom. The van der Waals surface area contributed by atoms with Gasteiger partial charge in [-0.05, 0) is 37.5 Å². The standard InChI is InChI=1S/C11H14ClNO2S.ClH/c1-8-2-3-9(12)6-10(8)16(14,15)7-11(13)4-5-11;/h2-3,6H,4-5,7,13H2,1H3;1H. The van der Waals surface area contributed by atoms with Gasteiger partial charge >= 0.3 is 0 Å². The van der Waals surface area contributed by atoms with E-state index in [1.54, 1.807) is 19.1 Å². The average molecular weight is 296 g/mol. The second-order valence-electron chi connectivity index (χ2n) is 4.53. The number of halogens is 2. The molecule has 96 valence electrons. The molecule has 0 saturated heterocycles. The first-order valence-electron chi connectivity index (χ1n) is 5.10. The molecule has 1 fully saturated rings. The third-order valence-corrected chi connectivity index (χ3v) is 5.15. The van der Waals surface area contributed by atoms with E-state index in [0.717, 1.165) is 12.8 Å². The summed E-state index contributed by atoms with van der Waals surface area (Å²) in [5.41, 5.74) is 6.06. The number of benzene rings is 1. The summed E-state index contributed by atoms with van der Waals surface area (Å²) in [6.45, 7) is 1.76. The minimum atomic E-state index is -3.32. The molecule has 6 heteroatoms. The van der Waals surface area contributed by atoms with Crippen LogP contribution >= 0.6 is 24.0 Å². The lowest BCUT2D eigenvalue weighted by atomic mass is 10.2. The predicted molar refractivity (Wildman–Crippen MR) is 71.6 cm³/mol. The van der Waals surface area contributed by atoms with E-state index in [-0.39, 0.29) is 18.2 Å². The van der Waals surface area contributed by atoms with Gasteiger partial charge in [0.25, 0.3) is 0 Å². The van der Waals surface area contributed by atoms with Gasteiger partial charge in [-0.1, -0.05) is 17.7 Å². The fourth-order valence-corrected chi connectivity index (χ4v) is 3.97. The van der Waals surface area contributed by atoms with E-state index in [9.17, 15) is 8.42 Å². The lowest BCUT2D eigenvalue weighted by molar-refractivity contribution is 0.585. The molecule has 2 rings (SSSR count). The summed E-state index contributed by atoms with van der Waals surface area (Å²) >= 11 is 5.81. The van der Waals surface area contributed by atoms with Crippen LogP contribution in [0.2, 0.25) is 5.02 Å². The number of hydrogen-bond acceptors (Lipinski definition) is 3. The Bertz CT molecular complexity index is 524. The zero-order valence-corrected chi connectivity index (χ0v) is 11.8. The molecule has 2 N–H and O–H groups in total. The molecular weight excluding hydrogens is 281 g/mol. The summed E-state index contributed by atoms with van der Waals surface area (Å²) in [7, 11) is -3.32. The molecule has 0 heterocycles. The Kier molecular flexibility index (Phi) is 4.14. The van der Waals surface area contributed by atoms with Crippen molar-refractivity contribution in [1.82, 2.24) is 0 Å². The van der Waals surface area contributed by atoms with Crippen LogP contribution in [0.5, 0.6) is 0 Å². The Hall–Kier alpha value is -0.290. The van der Waals surface area contributed by atoms with Gasteiger partial charge in [0.1, 0.15) is 0 Å². The largest absolute Gasteiger partial charge is 0.324 e. The quantitative estimate of drug-likeness (QED) is 0.931. The molecule has 1 aliphatic rings. The number of hydrogen-bond donors (Lipinski definition) is 1. The van der Waals surface area contributed by atoms with E-state index in [1.165, 1.54) is 6.07 Å². The molecule has 1 aliphatic carbocycles. The zero-order chi connectivity index (χ0) is 12.0. The van der Waals surface area contributed by atoms with Crippen molar-refractivity contribution in [2.75, 3.05) is 5.75 Å². The van der Waals surface area contributed by atoms with Crippen molar-refractivity contribution in [2.45, 2.75) is 30.2 Å². The number of sulfone groups is 1. The highest BCUT2D eigenvalue weighted by Crippen LogP contribution is 2.35. The zero-order valence-electron chi connectivity index (χ0n) is 9.44. The number of rotatable bonds is 3. The molecule has 1 aromatic carbocycles. The molecule has 0 bridgehead atoms. The van der Waals surface area contributed by atoms with E-state index in [2.05, 4.69) is 0 Å². The molecule has 0 amide bonds. The third-order valence-electron chi connectivity index (χ3n) is 2.85. The first kappa shape index (κ1) is 14.8. The number of nitrogens with two attached hydrogens (primary N) is 1. The Morgan fingerprint density at radius 2 is 2.00 bits per heavy atom. The van der Waals surface area contributed by atoms with Crippen LogP contribution in [0, 0.1) is 6.92 Å². The van der Waals surface area contributed by atoms with Crippen molar-refractivity contribution in [3.8, 4) is 0 Å². The molecule has 3 nitrogen and oxygen atoms in total. The summed E-state index contributed by atoms with van der Waals surface area (Å²) in [6, 6.07) is 4.90. The van der Waals surface area contributed by atoms with Gasteiger partial charge in [0, 0.05) is 10.6 Å². The molecule has 0 spiro atoms. The normalized spacial score (nSPS) is 17.4. The van der Waals surface area contributed by atoms with Crippen molar-refractivity contribution in [2.24, 2.45) is 5.73 Å². The summed E-state index contributed by atoms with van der Waals surface area (Å²) < 4.78 is 24.2. The summed E-state index contributed by atoms with van der Waals surface area (Å²) in [5.74, 6) is 0.0151. The van der Waals surface area contributed by atoms with Crippen LogP contribution in [0.25, 0.3) is 0 Å². The highest BCUT2D eigenvalue weighted by molar-refractivity contribution is 7.91. The number of aryl methyl sites for hydroxylation is 1. The van der Waals surface area contributed by atoms with Crippen molar-refractivity contribution in [3.63, 3.8) is 0 Å². The fraction of sp³-hybridized carbons (Fsp3) is 0.455. The van der Waals surface area contributed by atoms with Gasteiger partial charge in [-0.3, -0.25) is 0 Å². The highest BCUT2D eigenvalue weighted by atomic mass is 35.5. The Labute approximate surface area is 113 Å². The van der Waals surface area contributed by atoms with Crippen LogP contribution in [-0.4, -0.2) is 19.7 Å². The van der Waals surface area contributed by atoms with Crippen molar-refractivity contribution < 1.29 is 8.42 Å². The SMILES string of the molecule is Cc1ccc(Cl)cc1S(=O)(=O)CC1(N)CC1.Cl. The van der Waals surface area contributed by atoms with Crippen LogP contribution in [-0.2, 0) is 9.84 Å².